The molecule has 1 unspecified atom stereocenters. The fraction of sp³-hybridized carbons (Fsp3) is 0.353. The van der Waals surface area contributed by atoms with Crippen molar-refractivity contribution in [2.45, 2.75) is 19.9 Å². The van der Waals surface area contributed by atoms with Crippen LogP contribution in [0.1, 0.15) is 24.3 Å². The van der Waals surface area contributed by atoms with Gasteiger partial charge in [-0.15, -0.1) is 0 Å². The van der Waals surface area contributed by atoms with Gasteiger partial charge in [-0.05, 0) is 24.1 Å². The van der Waals surface area contributed by atoms with Crippen molar-refractivity contribution in [3.8, 4) is 5.69 Å². The first-order valence-corrected chi connectivity index (χ1v) is 7.96. The summed E-state index contributed by atoms with van der Waals surface area (Å²) in [4.78, 5) is 25.9. The van der Waals surface area contributed by atoms with Gasteiger partial charge in [0, 0.05) is 12.7 Å². The maximum absolute atomic E-state index is 13.9. The zero-order chi connectivity index (χ0) is 18.1. The maximum Gasteiger partial charge on any atom is 0.275 e. The lowest BCUT2D eigenvalue weighted by atomic mass is 10.00. The second-order valence-electron chi connectivity index (χ2n) is 6.26. The molecule has 8 heteroatoms. The predicted octanol–water partition coefficient (Wildman–Crippen LogP) is 1.75. The molecule has 3 rings (SSSR count). The fourth-order valence-corrected chi connectivity index (χ4v) is 2.89. The van der Waals surface area contributed by atoms with Crippen molar-refractivity contribution in [1.82, 2.24) is 20.0 Å². The monoisotopic (exact) mass is 348 g/mol. The summed E-state index contributed by atoms with van der Waals surface area (Å²) < 4.78 is 28.7. The molecule has 2 aromatic rings. The van der Waals surface area contributed by atoms with Gasteiger partial charge in [-0.2, -0.15) is 5.10 Å². The molecule has 0 bridgehead atoms. The molecule has 0 spiro atoms. The lowest BCUT2D eigenvalue weighted by Gasteiger charge is -2.37. The number of benzene rings is 1. The molecular formula is C17H18F2N4O2. The molecule has 2 heterocycles. The van der Waals surface area contributed by atoms with E-state index < -0.39 is 17.5 Å². The van der Waals surface area contributed by atoms with Gasteiger partial charge in [0.15, 0.2) is 17.3 Å². The fourth-order valence-electron chi connectivity index (χ4n) is 2.89. The van der Waals surface area contributed by atoms with Gasteiger partial charge < -0.3 is 10.2 Å². The summed E-state index contributed by atoms with van der Waals surface area (Å²) in [7, 11) is 0. The Labute approximate surface area is 143 Å². The molecule has 1 saturated heterocycles. The number of hydrogen-bond donors (Lipinski definition) is 1. The third-order valence-corrected chi connectivity index (χ3v) is 4.23. The van der Waals surface area contributed by atoms with E-state index in [2.05, 4.69) is 10.4 Å². The van der Waals surface area contributed by atoms with Gasteiger partial charge in [0.2, 0.25) is 5.91 Å². The quantitative estimate of drug-likeness (QED) is 0.919. The van der Waals surface area contributed by atoms with Crippen molar-refractivity contribution < 1.29 is 18.4 Å². The first-order valence-electron chi connectivity index (χ1n) is 7.96. The lowest BCUT2D eigenvalue weighted by Crippen LogP contribution is -2.58. The molecule has 0 radical (unpaired) electrons. The Bertz CT molecular complexity index is 798. The second-order valence-corrected chi connectivity index (χ2v) is 6.26. The van der Waals surface area contributed by atoms with Gasteiger partial charge in [-0.3, -0.25) is 9.59 Å². The van der Waals surface area contributed by atoms with Crippen molar-refractivity contribution in [3.05, 3.63) is 47.8 Å². The molecule has 1 aliphatic rings. The lowest BCUT2D eigenvalue weighted by molar-refractivity contribution is -0.125. The van der Waals surface area contributed by atoms with Crippen LogP contribution in [0.3, 0.4) is 0 Å². The van der Waals surface area contributed by atoms with Crippen LogP contribution in [0, 0.1) is 17.6 Å². The highest BCUT2D eigenvalue weighted by Gasteiger charge is 2.33. The molecule has 1 aromatic heterocycles. The Hall–Kier alpha value is -2.77. The Morgan fingerprint density at radius 1 is 1.28 bits per heavy atom. The first-order chi connectivity index (χ1) is 11.9. The third kappa shape index (κ3) is 3.24. The number of para-hydroxylation sites is 1. The number of rotatable bonds is 3. The molecule has 1 aliphatic heterocycles. The van der Waals surface area contributed by atoms with Crippen LogP contribution in [-0.4, -0.2) is 45.6 Å². The predicted molar refractivity (Wildman–Crippen MR) is 86.2 cm³/mol. The van der Waals surface area contributed by atoms with Crippen LogP contribution in [0.2, 0.25) is 0 Å². The van der Waals surface area contributed by atoms with Gasteiger partial charge in [-0.25, -0.2) is 13.5 Å². The van der Waals surface area contributed by atoms with Crippen molar-refractivity contribution in [3.63, 3.8) is 0 Å². The number of carbonyl (C=O) groups excluding carboxylic acids is 2. The molecule has 25 heavy (non-hydrogen) atoms. The molecule has 1 fully saturated rings. The molecule has 1 N–H and O–H groups in total. The number of halogens is 2. The van der Waals surface area contributed by atoms with Crippen LogP contribution in [0.15, 0.2) is 30.5 Å². The summed E-state index contributed by atoms with van der Waals surface area (Å²) in [6, 6.07) is 4.71. The third-order valence-electron chi connectivity index (χ3n) is 4.23. The second kappa shape index (κ2) is 6.62. The van der Waals surface area contributed by atoms with Gasteiger partial charge in [0.1, 0.15) is 12.2 Å². The standard InChI is InChI=1S/C17H18F2N4O2/c1-10(2)14-8-20-15(24)9-22(14)17(25)13-6-7-23(21-13)16-11(18)4-3-5-12(16)19/h3-7,10,14H,8-9H2,1-2H3,(H,20,24). The molecule has 132 valence electrons. The first kappa shape index (κ1) is 17.1. The highest BCUT2D eigenvalue weighted by Crippen LogP contribution is 2.19. The number of aromatic nitrogens is 2. The number of amides is 2. The van der Waals surface area contributed by atoms with E-state index in [4.69, 9.17) is 0 Å². The SMILES string of the molecule is CC(C)C1CNC(=O)CN1C(=O)c1ccn(-c2c(F)cccc2F)n1. The topological polar surface area (TPSA) is 67.2 Å². The molecule has 0 saturated carbocycles. The van der Waals surface area contributed by atoms with Crippen molar-refractivity contribution in [2.24, 2.45) is 5.92 Å². The van der Waals surface area contributed by atoms with Gasteiger partial charge >= 0.3 is 0 Å². The molecule has 6 nitrogen and oxygen atoms in total. The van der Waals surface area contributed by atoms with Crippen LogP contribution in [-0.2, 0) is 4.79 Å². The van der Waals surface area contributed by atoms with Crippen molar-refractivity contribution in [2.75, 3.05) is 13.1 Å². The van der Waals surface area contributed by atoms with Crippen LogP contribution in [0.25, 0.3) is 5.69 Å². The van der Waals surface area contributed by atoms with E-state index in [1.807, 2.05) is 13.8 Å². The van der Waals surface area contributed by atoms with E-state index in [0.717, 1.165) is 16.8 Å². The Morgan fingerprint density at radius 3 is 2.60 bits per heavy atom. The maximum atomic E-state index is 13.9. The van der Waals surface area contributed by atoms with Crippen molar-refractivity contribution in [1.29, 1.82) is 0 Å². The largest absolute Gasteiger partial charge is 0.352 e. The van der Waals surface area contributed by atoms with Gasteiger partial charge in [0.25, 0.3) is 5.91 Å². The van der Waals surface area contributed by atoms with Crippen molar-refractivity contribution >= 4 is 11.8 Å². The Balaban J connectivity index is 1.91. The average molecular weight is 348 g/mol. The zero-order valence-electron chi connectivity index (χ0n) is 13.9. The summed E-state index contributed by atoms with van der Waals surface area (Å²) >= 11 is 0. The van der Waals surface area contributed by atoms with E-state index in [-0.39, 0.29) is 35.8 Å². The minimum Gasteiger partial charge on any atom is -0.352 e. The normalized spacial score (nSPS) is 17.7. The number of piperazine rings is 1. The van der Waals surface area contributed by atoms with Crippen LogP contribution >= 0.6 is 0 Å². The molecule has 1 aromatic carbocycles. The molecule has 0 aliphatic carbocycles. The number of nitrogens with one attached hydrogen (secondary N) is 1. The highest BCUT2D eigenvalue weighted by molar-refractivity contribution is 5.95. The smallest absolute Gasteiger partial charge is 0.275 e. The van der Waals surface area contributed by atoms with Crippen LogP contribution < -0.4 is 5.32 Å². The van der Waals surface area contributed by atoms with E-state index in [1.165, 1.54) is 23.2 Å². The Morgan fingerprint density at radius 2 is 1.96 bits per heavy atom. The average Bonchev–Trinajstić information content (AvgIpc) is 3.03. The minimum absolute atomic E-state index is 0.0306. The number of hydrogen-bond acceptors (Lipinski definition) is 3. The molecular weight excluding hydrogens is 330 g/mol. The van der Waals surface area contributed by atoms with Crippen LogP contribution in [0.4, 0.5) is 8.78 Å². The summed E-state index contributed by atoms with van der Waals surface area (Å²) in [5, 5.41) is 6.75. The zero-order valence-corrected chi connectivity index (χ0v) is 13.9. The summed E-state index contributed by atoms with van der Waals surface area (Å²) in [6.45, 7) is 4.21. The van der Waals surface area contributed by atoms with Gasteiger partial charge in [0.05, 0.1) is 6.04 Å². The molecule has 2 amide bonds. The summed E-state index contributed by atoms with van der Waals surface area (Å²) in [5.41, 5.74) is -0.318. The molecule has 1 atom stereocenters. The van der Waals surface area contributed by atoms with Gasteiger partial charge in [-0.1, -0.05) is 19.9 Å². The van der Waals surface area contributed by atoms with E-state index in [9.17, 15) is 18.4 Å². The van der Waals surface area contributed by atoms with E-state index >= 15 is 0 Å². The minimum atomic E-state index is -0.778. The van der Waals surface area contributed by atoms with E-state index in [0.29, 0.717) is 6.54 Å². The summed E-state index contributed by atoms with van der Waals surface area (Å²) in [5.74, 6) is -2.11. The summed E-state index contributed by atoms with van der Waals surface area (Å²) in [6.07, 6.45) is 1.32. The van der Waals surface area contributed by atoms with Crippen LogP contribution in [0.5, 0.6) is 0 Å². The number of carbonyl (C=O) groups is 2. The van der Waals surface area contributed by atoms with E-state index in [1.54, 1.807) is 0 Å². The number of nitrogens with zero attached hydrogens (tertiary/aromatic N) is 3. The Kier molecular flexibility index (Phi) is 4.52. The highest BCUT2D eigenvalue weighted by atomic mass is 19.1.